The van der Waals surface area contributed by atoms with Crippen molar-refractivity contribution in [3.05, 3.63) is 436 Å². The molecular formula is C107H73Ir3N6-3. The van der Waals surface area contributed by atoms with Crippen molar-refractivity contribution in [2.45, 2.75) is 13.8 Å². The Morgan fingerprint density at radius 3 is 0.767 bits per heavy atom. The molecule has 0 atom stereocenters. The van der Waals surface area contributed by atoms with Crippen molar-refractivity contribution in [1.29, 1.82) is 0 Å². The van der Waals surface area contributed by atoms with E-state index in [9.17, 15) is 0 Å². The largest absolute Gasteiger partial charge is 0.351 e. The molecule has 116 heavy (non-hydrogen) atoms. The molecule has 0 saturated carbocycles. The molecule has 6 aromatic heterocycles. The molecule has 0 saturated heterocycles. The molecule has 6 nitrogen and oxygen atoms in total. The van der Waals surface area contributed by atoms with Gasteiger partial charge < -0.3 is 28.7 Å². The average molecular weight is 2020 g/mol. The standard InChI is InChI=1S/2C36H25N2.C35H23N2.3Ir/c1-25-15-18-34(37-24-25)30-13-8-14-31(21-30)38-35-19-16-28(26-9-4-2-5-10-26)22-32(35)33-23-29(17-20-36(33)38)27-11-6-3-7-12-27;1-25-12-19-34(37-24-25)28-13-17-31(18-14-28)38-35-20-15-29(26-8-4-2-5-9-26)22-32(35)33-23-30(16-21-36(33)38)27-10-6-3-7-11-27;1-3-10-25(11-4-1)27-17-19-34-31(23-27)32-24-28(26-12-5-2-6-13-26)18-20-35(32)37(34)30-15-9-14-29(22-30)33-16-7-8-21-36-33;;;/h2-12,14-24H,1H3;2-13,15-24H,1H3;1-13,15-24H;;;/q3*-1;;;. The van der Waals surface area contributed by atoms with Gasteiger partial charge in [-0.25, -0.2) is 0 Å². The van der Waals surface area contributed by atoms with Crippen LogP contribution in [-0.2, 0) is 60.3 Å². The van der Waals surface area contributed by atoms with Gasteiger partial charge in [0.2, 0.25) is 0 Å². The topological polar surface area (TPSA) is 53.5 Å². The Morgan fingerprint density at radius 1 is 0.216 bits per heavy atom. The molecule has 0 bridgehead atoms. The molecule has 0 aliphatic carbocycles. The molecular weight excluding hydrogens is 1950 g/mol. The van der Waals surface area contributed by atoms with E-state index in [4.69, 9.17) is 0 Å². The van der Waals surface area contributed by atoms with E-state index in [1.807, 2.05) is 48.9 Å². The second-order valence-corrected chi connectivity index (χ2v) is 28.6. The van der Waals surface area contributed by atoms with E-state index >= 15 is 0 Å². The fourth-order valence-electron chi connectivity index (χ4n) is 15.7. The zero-order valence-corrected chi connectivity index (χ0v) is 70.6. The van der Waals surface area contributed by atoms with E-state index in [2.05, 4.69) is 419 Å². The van der Waals surface area contributed by atoms with Crippen molar-refractivity contribution < 1.29 is 60.3 Å². The first kappa shape index (κ1) is 77.1. The average Bonchev–Trinajstić information content (AvgIpc) is 1.60. The first-order valence-electron chi connectivity index (χ1n) is 38.3. The summed E-state index contributed by atoms with van der Waals surface area (Å²) in [5, 5.41) is 7.43. The molecule has 21 aromatic rings. The Bertz CT molecular complexity index is 6710. The number of nitrogens with zero attached hydrogens (tertiary/aromatic N) is 6. The summed E-state index contributed by atoms with van der Waals surface area (Å²) in [6, 6.07) is 148. The Morgan fingerprint density at radius 2 is 0.500 bits per heavy atom. The number of hydrogen-bond donors (Lipinski definition) is 0. The van der Waals surface area contributed by atoms with Gasteiger partial charge in [0.25, 0.3) is 0 Å². The Hall–Kier alpha value is -12.9. The minimum Gasteiger partial charge on any atom is -0.351 e. The summed E-state index contributed by atoms with van der Waals surface area (Å²) < 4.78 is 7.06. The maximum atomic E-state index is 4.65. The van der Waals surface area contributed by atoms with Crippen LogP contribution in [0, 0.1) is 32.0 Å². The second kappa shape index (κ2) is 34.4. The van der Waals surface area contributed by atoms with E-state index in [1.54, 1.807) is 0 Å². The van der Waals surface area contributed by atoms with Gasteiger partial charge in [0.15, 0.2) is 0 Å². The van der Waals surface area contributed by atoms with E-state index in [0.29, 0.717) is 0 Å². The first-order valence-corrected chi connectivity index (χ1v) is 38.3. The third-order valence-electron chi connectivity index (χ3n) is 21.4. The molecule has 15 aromatic carbocycles. The zero-order chi connectivity index (χ0) is 75.6. The van der Waals surface area contributed by atoms with Gasteiger partial charge in [-0.2, -0.15) is 0 Å². The molecule has 0 spiro atoms. The van der Waals surface area contributed by atoms with Crippen LogP contribution < -0.4 is 0 Å². The monoisotopic (exact) mass is 2020 g/mol. The second-order valence-electron chi connectivity index (χ2n) is 28.6. The molecule has 561 valence electrons. The third kappa shape index (κ3) is 15.6. The van der Waals surface area contributed by atoms with Crippen LogP contribution in [0.3, 0.4) is 0 Å². The molecule has 0 amide bonds. The van der Waals surface area contributed by atoms with Crippen molar-refractivity contribution >= 4 is 65.4 Å². The number of hydrogen-bond acceptors (Lipinski definition) is 3. The van der Waals surface area contributed by atoms with Gasteiger partial charge in [0.1, 0.15) is 0 Å². The smallest absolute Gasteiger partial charge is 0.0524 e. The van der Waals surface area contributed by atoms with Gasteiger partial charge in [-0.05, 0) is 205 Å². The van der Waals surface area contributed by atoms with Gasteiger partial charge >= 0.3 is 0 Å². The van der Waals surface area contributed by atoms with Crippen LogP contribution in [0.5, 0.6) is 0 Å². The first-order chi connectivity index (χ1) is 55.8. The van der Waals surface area contributed by atoms with Gasteiger partial charge in [-0.1, -0.05) is 255 Å². The van der Waals surface area contributed by atoms with Gasteiger partial charge in [-0.3, -0.25) is 0 Å². The predicted octanol–water partition coefficient (Wildman–Crippen LogP) is 27.5. The number of benzene rings is 15. The van der Waals surface area contributed by atoms with Crippen LogP contribution >= 0.6 is 0 Å². The number of rotatable bonds is 12. The van der Waals surface area contributed by atoms with Gasteiger partial charge in [-0.15, -0.1) is 89.5 Å². The van der Waals surface area contributed by atoms with E-state index in [-0.39, 0.29) is 60.3 Å². The molecule has 3 radical (unpaired) electrons. The van der Waals surface area contributed by atoms with Crippen molar-refractivity contribution in [2.24, 2.45) is 0 Å². The zero-order valence-electron chi connectivity index (χ0n) is 63.4. The third-order valence-corrected chi connectivity index (χ3v) is 21.4. The Labute approximate surface area is 715 Å². The quantitative estimate of drug-likeness (QED) is 0.115. The SMILES string of the molecule is Cc1ccc(-c2[c-]cc(-n3c4ccc(-c5ccccc5)cc4c4cc(-c5ccccc5)ccc43)cc2)nc1.Cc1ccc(-c2[c-]ccc(-n3c4ccc(-c5ccccc5)cc4c4cc(-c5ccccc5)ccc43)c2)nc1.[Ir].[Ir].[Ir].[c-]1ccc(-n2c3ccc(-c4ccccc4)cc3c3cc(-c4ccccc4)ccc32)cc1-c1ccccn1. The van der Waals surface area contributed by atoms with Crippen LogP contribution in [0.25, 0.3) is 183 Å². The summed E-state index contributed by atoms with van der Waals surface area (Å²) in [7, 11) is 0. The number of pyridine rings is 3. The molecule has 0 aliphatic rings. The number of fused-ring (bicyclic) bond motifs is 9. The molecule has 6 heterocycles. The number of aromatic nitrogens is 6. The summed E-state index contributed by atoms with van der Waals surface area (Å²) in [6.07, 6.45) is 5.64. The molecule has 0 fully saturated rings. The minimum absolute atomic E-state index is 0. The van der Waals surface area contributed by atoms with Gasteiger partial charge in [0, 0.05) is 122 Å². The van der Waals surface area contributed by atoms with Gasteiger partial charge in [0.05, 0.1) is 22.1 Å². The van der Waals surface area contributed by atoms with Crippen LogP contribution in [0.2, 0.25) is 0 Å². The summed E-state index contributed by atoms with van der Waals surface area (Å²) in [5.74, 6) is 0. The summed E-state index contributed by atoms with van der Waals surface area (Å²) in [5.41, 5.74) is 33.0. The Kier molecular flexibility index (Phi) is 22.9. The van der Waals surface area contributed by atoms with Crippen molar-refractivity contribution in [1.82, 2.24) is 28.7 Å². The number of aryl methyl sites for hydroxylation is 2. The molecule has 9 heteroatoms. The minimum atomic E-state index is 0. The van der Waals surface area contributed by atoms with Crippen LogP contribution in [0.15, 0.2) is 407 Å². The summed E-state index contributed by atoms with van der Waals surface area (Å²) in [4.78, 5) is 13.8. The maximum Gasteiger partial charge on any atom is 0.0524 e. The summed E-state index contributed by atoms with van der Waals surface area (Å²) >= 11 is 0. The summed E-state index contributed by atoms with van der Waals surface area (Å²) in [6.45, 7) is 4.11. The predicted molar refractivity (Wildman–Crippen MR) is 471 cm³/mol. The van der Waals surface area contributed by atoms with Crippen molar-refractivity contribution in [3.8, 4) is 118 Å². The maximum absolute atomic E-state index is 4.65. The molecule has 0 N–H and O–H groups in total. The van der Waals surface area contributed by atoms with E-state index in [0.717, 1.165) is 62.0 Å². The van der Waals surface area contributed by atoms with Crippen molar-refractivity contribution in [2.75, 3.05) is 0 Å². The van der Waals surface area contributed by atoms with Crippen molar-refractivity contribution in [3.63, 3.8) is 0 Å². The fraction of sp³-hybridized carbons (Fsp3) is 0.0187. The molecule has 0 aliphatic heterocycles. The van der Waals surface area contributed by atoms with Crippen LogP contribution in [0.1, 0.15) is 11.1 Å². The molecule has 0 unspecified atom stereocenters. The van der Waals surface area contributed by atoms with E-state index < -0.39 is 0 Å². The fourth-order valence-corrected chi connectivity index (χ4v) is 15.7. The molecule has 21 rings (SSSR count). The Balaban J connectivity index is 0.000000129. The van der Waals surface area contributed by atoms with E-state index in [1.165, 1.54) is 132 Å². The van der Waals surface area contributed by atoms with Crippen LogP contribution in [-0.4, -0.2) is 28.7 Å². The van der Waals surface area contributed by atoms with Crippen LogP contribution in [0.4, 0.5) is 0 Å². The normalized spacial score (nSPS) is 11.0.